The van der Waals surface area contributed by atoms with E-state index < -0.39 is 0 Å². The smallest absolute Gasteiger partial charge is 0.259 e. The third-order valence-corrected chi connectivity index (χ3v) is 6.08. The van der Waals surface area contributed by atoms with Gasteiger partial charge < -0.3 is 10.2 Å². The van der Waals surface area contributed by atoms with Gasteiger partial charge in [0, 0.05) is 36.8 Å². The first-order valence-electron chi connectivity index (χ1n) is 10.6. The highest BCUT2D eigenvalue weighted by atomic mass is 16.2. The minimum atomic E-state index is -0.207. The lowest BCUT2D eigenvalue weighted by atomic mass is 9.95. The standard InChI is InChI=1S/C23H28N4O2/c1-16-20(22(28)26-19-11-3-2-4-12-19)14-24-21(25-16)18-10-7-13-27(15-18)23(29)17-8-5-6-9-17/h2-4,11-12,14,17-18H,5-10,13,15H2,1H3,(H,26,28). The molecule has 1 aliphatic heterocycles. The number of nitrogens with one attached hydrogen (secondary N) is 1. The Bertz CT molecular complexity index is 878. The molecule has 152 valence electrons. The van der Waals surface area contributed by atoms with Crippen LogP contribution in [-0.2, 0) is 4.79 Å². The number of anilines is 1. The van der Waals surface area contributed by atoms with Gasteiger partial charge in [-0.2, -0.15) is 0 Å². The summed E-state index contributed by atoms with van der Waals surface area (Å²) in [6.45, 7) is 3.36. The Morgan fingerprint density at radius 2 is 1.83 bits per heavy atom. The lowest BCUT2D eigenvalue weighted by Gasteiger charge is -2.33. The normalized spacial score (nSPS) is 19.9. The summed E-state index contributed by atoms with van der Waals surface area (Å²) in [7, 11) is 0. The fourth-order valence-electron chi connectivity index (χ4n) is 4.44. The number of piperidine rings is 1. The van der Waals surface area contributed by atoms with Gasteiger partial charge in [0.2, 0.25) is 5.91 Å². The number of nitrogens with zero attached hydrogens (tertiary/aromatic N) is 3. The fourth-order valence-corrected chi connectivity index (χ4v) is 4.44. The summed E-state index contributed by atoms with van der Waals surface area (Å²) in [6, 6.07) is 9.36. The monoisotopic (exact) mass is 392 g/mol. The SMILES string of the molecule is Cc1nc(C2CCCN(C(=O)C3CCCC3)C2)ncc1C(=O)Nc1ccccc1. The van der Waals surface area contributed by atoms with E-state index in [1.165, 1.54) is 12.8 Å². The van der Waals surface area contributed by atoms with Gasteiger partial charge in [0.25, 0.3) is 5.91 Å². The maximum absolute atomic E-state index is 12.8. The zero-order valence-corrected chi connectivity index (χ0v) is 16.9. The van der Waals surface area contributed by atoms with Gasteiger partial charge in [0.05, 0.1) is 11.3 Å². The zero-order valence-electron chi connectivity index (χ0n) is 16.9. The van der Waals surface area contributed by atoms with E-state index in [0.29, 0.717) is 23.7 Å². The Kier molecular flexibility index (Phi) is 5.88. The number of hydrogen-bond acceptors (Lipinski definition) is 4. The maximum Gasteiger partial charge on any atom is 0.259 e. The molecule has 6 nitrogen and oxygen atoms in total. The number of aromatic nitrogens is 2. The van der Waals surface area contributed by atoms with Crippen LogP contribution in [0, 0.1) is 12.8 Å². The summed E-state index contributed by atoms with van der Waals surface area (Å²) in [5, 5.41) is 2.88. The first-order chi connectivity index (χ1) is 14.1. The molecule has 1 saturated carbocycles. The van der Waals surface area contributed by atoms with Crippen molar-refractivity contribution in [3.63, 3.8) is 0 Å². The third-order valence-electron chi connectivity index (χ3n) is 6.08. The number of benzene rings is 1. The molecule has 1 aromatic carbocycles. The Morgan fingerprint density at radius 3 is 2.55 bits per heavy atom. The molecule has 0 bridgehead atoms. The molecule has 2 amide bonds. The molecule has 1 atom stereocenters. The fraction of sp³-hybridized carbons (Fsp3) is 0.478. The first kappa shape index (κ1) is 19.6. The van der Waals surface area contributed by atoms with E-state index in [2.05, 4.69) is 15.3 Å². The number of likely N-dealkylation sites (tertiary alicyclic amines) is 1. The van der Waals surface area contributed by atoms with Gasteiger partial charge >= 0.3 is 0 Å². The molecule has 1 saturated heterocycles. The second-order valence-electron chi connectivity index (χ2n) is 8.15. The third kappa shape index (κ3) is 4.47. The van der Waals surface area contributed by atoms with E-state index in [9.17, 15) is 9.59 Å². The molecule has 4 rings (SSSR count). The van der Waals surface area contributed by atoms with Crippen molar-refractivity contribution in [1.29, 1.82) is 0 Å². The van der Waals surface area contributed by atoms with E-state index in [1.54, 1.807) is 6.20 Å². The molecule has 2 fully saturated rings. The second kappa shape index (κ2) is 8.72. The van der Waals surface area contributed by atoms with Crippen molar-refractivity contribution in [2.24, 2.45) is 5.92 Å². The number of rotatable bonds is 4. The lowest BCUT2D eigenvalue weighted by Crippen LogP contribution is -2.42. The molecular weight excluding hydrogens is 364 g/mol. The van der Waals surface area contributed by atoms with Crippen LogP contribution in [0.25, 0.3) is 0 Å². The summed E-state index contributed by atoms with van der Waals surface area (Å²) in [6.07, 6.45) is 7.96. The highest BCUT2D eigenvalue weighted by molar-refractivity contribution is 6.04. The molecular formula is C23H28N4O2. The molecule has 2 aromatic rings. The minimum absolute atomic E-state index is 0.138. The minimum Gasteiger partial charge on any atom is -0.342 e. The van der Waals surface area contributed by atoms with E-state index in [0.717, 1.165) is 43.7 Å². The van der Waals surface area contributed by atoms with Crippen LogP contribution in [0.3, 0.4) is 0 Å². The topological polar surface area (TPSA) is 75.2 Å². The van der Waals surface area contributed by atoms with Crippen LogP contribution in [0.5, 0.6) is 0 Å². The second-order valence-corrected chi connectivity index (χ2v) is 8.15. The number of hydrogen-bond donors (Lipinski definition) is 1. The predicted molar refractivity (Wildman–Crippen MR) is 112 cm³/mol. The average molecular weight is 393 g/mol. The van der Waals surface area contributed by atoms with Crippen LogP contribution >= 0.6 is 0 Å². The summed E-state index contributed by atoms with van der Waals surface area (Å²) in [4.78, 5) is 36.5. The van der Waals surface area contributed by atoms with Gasteiger partial charge in [0.15, 0.2) is 0 Å². The van der Waals surface area contributed by atoms with Crippen molar-refractivity contribution in [2.75, 3.05) is 18.4 Å². The Labute approximate surface area is 171 Å². The van der Waals surface area contributed by atoms with E-state index in [1.807, 2.05) is 42.2 Å². The number of para-hydroxylation sites is 1. The van der Waals surface area contributed by atoms with Crippen molar-refractivity contribution >= 4 is 17.5 Å². The van der Waals surface area contributed by atoms with Gasteiger partial charge in [-0.25, -0.2) is 9.97 Å². The molecule has 1 aliphatic carbocycles. The van der Waals surface area contributed by atoms with Crippen molar-refractivity contribution in [3.8, 4) is 0 Å². The Balaban J connectivity index is 1.44. The molecule has 1 unspecified atom stereocenters. The molecule has 1 N–H and O–H groups in total. The van der Waals surface area contributed by atoms with Crippen molar-refractivity contribution in [1.82, 2.24) is 14.9 Å². The van der Waals surface area contributed by atoms with E-state index in [-0.39, 0.29) is 17.7 Å². The van der Waals surface area contributed by atoms with Crippen LogP contribution in [0.2, 0.25) is 0 Å². The molecule has 2 aliphatic rings. The number of amides is 2. The Hall–Kier alpha value is -2.76. The summed E-state index contributed by atoms with van der Waals surface area (Å²) >= 11 is 0. The molecule has 29 heavy (non-hydrogen) atoms. The van der Waals surface area contributed by atoms with Crippen molar-refractivity contribution < 1.29 is 9.59 Å². The predicted octanol–water partition coefficient (Wildman–Crippen LogP) is 3.93. The number of carbonyl (C=O) groups excluding carboxylic acids is 2. The van der Waals surface area contributed by atoms with Crippen LogP contribution < -0.4 is 5.32 Å². The highest BCUT2D eigenvalue weighted by Crippen LogP contribution is 2.30. The lowest BCUT2D eigenvalue weighted by molar-refractivity contribution is -0.136. The maximum atomic E-state index is 12.8. The first-order valence-corrected chi connectivity index (χ1v) is 10.6. The van der Waals surface area contributed by atoms with E-state index >= 15 is 0 Å². The van der Waals surface area contributed by atoms with Crippen molar-refractivity contribution in [2.45, 2.75) is 51.4 Å². The highest BCUT2D eigenvalue weighted by Gasteiger charge is 2.32. The average Bonchev–Trinajstić information content (AvgIpc) is 3.29. The van der Waals surface area contributed by atoms with Gasteiger partial charge in [-0.3, -0.25) is 9.59 Å². The Morgan fingerprint density at radius 1 is 1.07 bits per heavy atom. The van der Waals surface area contributed by atoms with Gasteiger partial charge in [-0.1, -0.05) is 31.0 Å². The molecule has 6 heteroatoms. The van der Waals surface area contributed by atoms with Crippen LogP contribution in [0.4, 0.5) is 5.69 Å². The zero-order chi connectivity index (χ0) is 20.2. The van der Waals surface area contributed by atoms with Gasteiger partial charge in [0.1, 0.15) is 5.82 Å². The van der Waals surface area contributed by atoms with Crippen molar-refractivity contribution in [3.05, 3.63) is 53.6 Å². The quantitative estimate of drug-likeness (QED) is 0.855. The van der Waals surface area contributed by atoms with Crippen LogP contribution in [0.15, 0.2) is 36.5 Å². The number of aryl methyl sites for hydroxylation is 1. The van der Waals surface area contributed by atoms with Crippen LogP contribution in [0.1, 0.15) is 66.3 Å². The molecule has 0 spiro atoms. The summed E-state index contributed by atoms with van der Waals surface area (Å²) in [5.74, 6) is 1.19. The summed E-state index contributed by atoms with van der Waals surface area (Å²) in [5.41, 5.74) is 1.89. The number of carbonyl (C=O) groups is 2. The van der Waals surface area contributed by atoms with E-state index in [4.69, 9.17) is 0 Å². The van der Waals surface area contributed by atoms with Gasteiger partial charge in [-0.15, -0.1) is 0 Å². The summed E-state index contributed by atoms with van der Waals surface area (Å²) < 4.78 is 0. The van der Waals surface area contributed by atoms with Crippen LogP contribution in [-0.4, -0.2) is 39.8 Å². The van der Waals surface area contributed by atoms with Gasteiger partial charge in [-0.05, 0) is 44.7 Å². The molecule has 0 radical (unpaired) electrons. The molecule has 1 aromatic heterocycles. The molecule has 2 heterocycles. The largest absolute Gasteiger partial charge is 0.342 e.